The predicted octanol–water partition coefficient (Wildman–Crippen LogP) is 3.02. The number of hydrogen-bond acceptors (Lipinski definition) is 2. The minimum atomic E-state index is -0.0267. The van der Waals surface area contributed by atoms with E-state index >= 15 is 0 Å². The van der Waals surface area contributed by atoms with Crippen LogP contribution in [0, 0.1) is 0 Å². The lowest BCUT2D eigenvalue weighted by molar-refractivity contribution is -0.121. The van der Waals surface area contributed by atoms with Crippen molar-refractivity contribution in [3.8, 4) is 0 Å². The molecule has 1 aliphatic heterocycles. The largest absolute Gasteiger partial charge is 0.313 e. The maximum Gasteiger partial charge on any atom is 0.0852 e. The average molecular weight is 225 g/mol. The molecule has 1 aliphatic rings. The van der Waals surface area contributed by atoms with Crippen LogP contribution >= 0.6 is 0 Å². The second kappa shape index (κ2) is 4.32. The molecule has 0 spiro atoms. The van der Waals surface area contributed by atoms with Gasteiger partial charge in [0.15, 0.2) is 0 Å². The molecule has 1 N–H and O–H groups in total. The highest BCUT2D eigenvalue weighted by Crippen LogP contribution is 2.33. The van der Waals surface area contributed by atoms with E-state index in [9.17, 15) is 5.21 Å². The fourth-order valence-corrected chi connectivity index (χ4v) is 2.54. The van der Waals surface area contributed by atoms with E-state index in [-0.39, 0.29) is 6.04 Å². The molecule has 3 rings (SSSR count). The first kappa shape index (κ1) is 10.5. The van der Waals surface area contributed by atoms with Crippen molar-refractivity contribution < 1.29 is 5.21 Å². The summed E-state index contributed by atoms with van der Waals surface area (Å²) < 4.78 is 0. The van der Waals surface area contributed by atoms with Crippen LogP contribution in [-0.2, 0) is 6.42 Å². The van der Waals surface area contributed by atoms with Crippen LogP contribution in [0.2, 0.25) is 0 Å². The molecular weight excluding hydrogens is 210 g/mol. The van der Waals surface area contributed by atoms with Gasteiger partial charge in [-0.05, 0) is 23.1 Å². The Hall–Kier alpha value is -1.64. The quantitative estimate of drug-likeness (QED) is 0.806. The average Bonchev–Trinajstić information content (AvgIpc) is 2.39. The summed E-state index contributed by atoms with van der Waals surface area (Å²) >= 11 is 0. The highest BCUT2D eigenvalue weighted by Gasteiger charge is 2.26. The number of rotatable bonds is 1. The van der Waals surface area contributed by atoms with E-state index in [0.29, 0.717) is 6.54 Å². The second-order valence-corrected chi connectivity index (χ2v) is 4.43. The lowest BCUT2D eigenvalue weighted by Gasteiger charge is -2.33. The van der Waals surface area contributed by atoms with Gasteiger partial charge >= 0.3 is 0 Å². The molecule has 2 aromatic rings. The lowest BCUT2D eigenvalue weighted by atomic mass is 9.90. The van der Waals surface area contributed by atoms with Gasteiger partial charge in [-0.15, -0.1) is 0 Å². The van der Waals surface area contributed by atoms with Gasteiger partial charge in [-0.2, -0.15) is 5.06 Å². The first-order chi connectivity index (χ1) is 8.36. The molecule has 0 bridgehead atoms. The number of benzene rings is 2. The third-order valence-electron chi connectivity index (χ3n) is 3.37. The van der Waals surface area contributed by atoms with Gasteiger partial charge in [-0.3, -0.25) is 0 Å². The van der Waals surface area contributed by atoms with Crippen LogP contribution in [-0.4, -0.2) is 16.8 Å². The van der Waals surface area contributed by atoms with Gasteiger partial charge in [0.25, 0.3) is 0 Å². The third kappa shape index (κ3) is 1.86. The maximum atomic E-state index is 10.1. The van der Waals surface area contributed by atoms with Gasteiger partial charge in [0.2, 0.25) is 0 Å². The molecule has 0 aliphatic carbocycles. The fourth-order valence-electron chi connectivity index (χ4n) is 2.54. The van der Waals surface area contributed by atoms with Crippen LogP contribution in [0.4, 0.5) is 0 Å². The summed E-state index contributed by atoms with van der Waals surface area (Å²) in [6, 6.07) is 18.5. The smallest absolute Gasteiger partial charge is 0.0852 e. The van der Waals surface area contributed by atoms with E-state index < -0.39 is 0 Å². The normalized spacial score (nSPS) is 19.9. The molecule has 0 fully saturated rings. The van der Waals surface area contributed by atoms with Gasteiger partial charge in [-0.25, -0.2) is 0 Å². The summed E-state index contributed by atoms with van der Waals surface area (Å²) in [7, 11) is 0. The Morgan fingerprint density at radius 2 is 1.65 bits per heavy atom. The van der Waals surface area contributed by atoms with Crippen molar-refractivity contribution in [2.75, 3.05) is 6.54 Å². The highest BCUT2D eigenvalue weighted by molar-refractivity contribution is 5.39. The van der Waals surface area contributed by atoms with Gasteiger partial charge < -0.3 is 5.21 Å². The molecule has 1 atom stereocenters. The summed E-state index contributed by atoms with van der Waals surface area (Å²) in [4.78, 5) is 0. The zero-order valence-electron chi connectivity index (χ0n) is 9.58. The number of nitrogens with zero attached hydrogens (tertiary/aromatic N) is 1. The van der Waals surface area contributed by atoms with Gasteiger partial charge in [0, 0.05) is 6.54 Å². The summed E-state index contributed by atoms with van der Waals surface area (Å²) in [6.07, 6.45) is 0.913. The van der Waals surface area contributed by atoms with Gasteiger partial charge in [0.1, 0.15) is 0 Å². The van der Waals surface area contributed by atoms with Crippen molar-refractivity contribution in [3.63, 3.8) is 0 Å². The number of hydroxylamine groups is 2. The summed E-state index contributed by atoms with van der Waals surface area (Å²) in [5.74, 6) is 0. The molecule has 1 heterocycles. The minimum Gasteiger partial charge on any atom is -0.313 e. The summed E-state index contributed by atoms with van der Waals surface area (Å²) in [5.41, 5.74) is 3.70. The molecule has 17 heavy (non-hydrogen) atoms. The molecule has 0 aromatic heterocycles. The van der Waals surface area contributed by atoms with E-state index in [1.54, 1.807) is 0 Å². The van der Waals surface area contributed by atoms with E-state index in [2.05, 4.69) is 30.3 Å². The predicted molar refractivity (Wildman–Crippen MR) is 66.9 cm³/mol. The van der Waals surface area contributed by atoms with Crippen molar-refractivity contribution >= 4 is 0 Å². The molecule has 0 radical (unpaired) electrons. The zero-order chi connectivity index (χ0) is 11.7. The van der Waals surface area contributed by atoms with E-state index in [1.165, 1.54) is 16.2 Å². The number of hydrogen-bond donors (Lipinski definition) is 1. The number of fused-ring (bicyclic) bond motifs is 1. The highest BCUT2D eigenvalue weighted by atomic mass is 16.5. The summed E-state index contributed by atoms with van der Waals surface area (Å²) in [5, 5.41) is 11.5. The lowest BCUT2D eigenvalue weighted by Crippen LogP contribution is -2.33. The molecule has 2 aromatic carbocycles. The van der Waals surface area contributed by atoms with Crippen molar-refractivity contribution in [1.29, 1.82) is 0 Å². The molecular formula is C15H15NO. The second-order valence-electron chi connectivity index (χ2n) is 4.43. The van der Waals surface area contributed by atoms with E-state index in [0.717, 1.165) is 12.0 Å². The Balaban J connectivity index is 2.10. The van der Waals surface area contributed by atoms with Crippen LogP contribution in [0.15, 0.2) is 54.6 Å². The van der Waals surface area contributed by atoms with Crippen molar-refractivity contribution in [2.24, 2.45) is 0 Å². The Labute approximate surface area is 101 Å². The first-order valence-corrected chi connectivity index (χ1v) is 5.94. The van der Waals surface area contributed by atoms with Crippen molar-refractivity contribution in [1.82, 2.24) is 5.06 Å². The molecule has 2 nitrogen and oxygen atoms in total. The molecule has 0 unspecified atom stereocenters. The molecule has 2 heteroatoms. The van der Waals surface area contributed by atoms with Crippen LogP contribution in [0.3, 0.4) is 0 Å². The fraction of sp³-hybridized carbons (Fsp3) is 0.200. The van der Waals surface area contributed by atoms with Crippen molar-refractivity contribution in [2.45, 2.75) is 12.5 Å². The minimum absolute atomic E-state index is 0.0267. The van der Waals surface area contributed by atoms with Crippen molar-refractivity contribution in [3.05, 3.63) is 71.3 Å². The first-order valence-electron chi connectivity index (χ1n) is 5.94. The van der Waals surface area contributed by atoms with Crippen LogP contribution in [0.5, 0.6) is 0 Å². The Kier molecular flexibility index (Phi) is 2.67. The molecule has 0 saturated heterocycles. The maximum absolute atomic E-state index is 10.1. The molecule has 0 amide bonds. The van der Waals surface area contributed by atoms with Gasteiger partial charge in [0.05, 0.1) is 6.04 Å². The Bertz CT molecular complexity index is 509. The molecule has 86 valence electrons. The van der Waals surface area contributed by atoms with Crippen LogP contribution < -0.4 is 0 Å². The Morgan fingerprint density at radius 1 is 0.941 bits per heavy atom. The zero-order valence-corrected chi connectivity index (χ0v) is 9.58. The third-order valence-corrected chi connectivity index (χ3v) is 3.37. The molecule has 0 saturated carbocycles. The topological polar surface area (TPSA) is 23.5 Å². The summed E-state index contributed by atoms with van der Waals surface area (Å²) in [6.45, 7) is 0.691. The van der Waals surface area contributed by atoms with Crippen LogP contribution in [0.1, 0.15) is 22.7 Å². The standard InChI is InChI=1S/C15H15NO/c17-16-11-10-12-6-4-5-9-14(12)15(16)13-7-2-1-3-8-13/h1-9,15,17H,10-11H2/t15-/m1/s1. The SMILES string of the molecule is ON1CCc2ccccc2[C@H]1c1ccccc1. The monoisotopic (exact) mass is 225 g/mol. The van der Waals surface area contributed by atoms with E-state index in [1.807, 2.05) is 24.3 Å². The Morgan fingerprint density at radius 3 is 2.47 bits per heavy atom. The van der Waals surface area contributed by atoms with Crippen LogP contribution in [0.25, 0.3) is 0 Å². The van der Waals surface area contributed by atoms with E-state index in [4.69, 9.17) is 0 Å². The van der Waals surface area contributed by atoms with Gasteiger partial charge in [-0.1, -0.05) is 54.6 Å².